The summed E-state index contributed by atoms with van der Waals surface area (Å²) >= 11 is 0. The van der Waals surface area contributed by atoms with Gasteiger partial charge in [0.1, 0.15) is 0 Å². The summed E-state index contributed by atoms with van der Waals surface area (Å²) in [6.07, 6.45) is 21.6. The van der Waals surface area contributed by atoms with Crippen molar-refractivity contribution in [1.82, 2.24) is 0 Å². The lowest BCUT2D eigenvalue weighted by molar-refractivity contribution is -0.144. The zero-order valence-electron chi connectivity index (χ0n) is 23.2. The van der Waals surface area contributed by atoms with E-state index in [9.17, 15) is 14.7 Å². The highest BCUT2D eigenvalue weighted by Crippen LogP contribution is 2.36. The molecule has 4 heteroatoms. The molecule has 0 saturated carbocycles. The predicted molar refractivity (Wildman–Crippen MR) is 144 cm³/mol. The fraction of sp³-hybridized carbons (Fsp3) is 0.933. The van der Waals surface area contributed by atoms with Crippen molar-refractivity contribution < 1.29 is 19.8 Å². The van der Waals surface area contributed by atoms with E-state index in [0.717, 1.165) is 64.2 Å². The van der Waals surface area contributed by atoms with Crippen molar-refractivity contribution in [1.29, 1.82) is 0 Å². The monoisotopic (exact) mass is 482 g/mol. The summed E-state index contributed by atoms with van der Waals surface area (Å²) in [5.74, 6) is 0.183. The maximum Gasteiger partial charge on any atom is 0.306 e. The van der Waals surface area contributed by atoms with Crippen LogP contribution < -0.4 is 0 Å². The number of hydrogen-bond acceptors (Lipinski definition) is 2. The molecule has 0 aliphatic heterocycles. The Morgan fingerprint density at radius 3 is 1.41 bits per heavy atom. The van der Waals surface area contributed by atoms with Crippen LogP contribution >= 0.6 is 0 Å². The average Bonchev–Trinajstić information content (AvgIpc) is 2.81. The molecule has 4 nitrogen and oxygen atoms in total. The molecule has 0 radical (unpaired) electrons. The van der Waals surface area contributed by atoms with Gasteiger partial charge in [0.15, 0.2) is 0 Å². The Labute approximate surface area is 211 Å². The SMILES string of the molecule is CCCCC(CC)CC(CC(CC)CCCC)C(CCCCCCCCCCC(=O)O)C(=O)O. The Bertz CT molecular complexity index is 472. The Kier molecular flexibility index (Phi) is 21.7. The Hall–Kier alpha value is -1.06. The zero-order valence-corrected chi connectivity index (χ0v) is 23.2. The molecule has 3 unspecified atom stereocenters. The van der Waals surface area contributed by atoms with E-state index in [4.69, 9.17) is 5.11 Å². The summed E-state index contributed by atoms with van der Waals surface area (Å²) in [4.78, 5) is 22.9. The van der Waals surface area contributed by atoms with Crippen LogP contribution in [0.1, 0.15) is 156 Å². The van der Waals surface area contributed by atoms with Crippen LogP contribution in [0.25, 0.3) is 0 Å². The second-order valence-electron chi connectivity index (χ2n) is 10.8. The Morgan fingerprint density at radius 1 is 0.588 bits per heavy atom. The fourth-order valence-electron chi connectivity index (χ4n) is 5.51. The molecule has 0 saturated heterocycles. The van der Waals surface area contributed by atoms with Gasteiger partial charge in [0, 0.05) is 6.42 Å². The molecule has 0 amide bonds. The van der Waals surface area contributed by atoms with Crippen LogP contribution in [-0.4, -0.2) is 22.2 Å². The van der Waals surface area contributed by atoms with Gasteiger partial charge in [0.05, 0.1) is 5.92 Å². The fourth-order valence-corrected chi connectivity index (χ4v) is 5.51. The first-order valence-electron chi connectivity index (χ1n) is 14.8. The smallest absolute Gasteiger partial charge is 0.306 e. The first-order chi connectivity index (χ1) is 16.4. The van der Waals surface area contributed by atoms with Crippen LogP contribution in [0.2, 0.25) is 0 Å². The minimum absolute atomic E-state index is 0.192. The molecule has 0 fully saturated rings. The van der Waals surface area contributed by atoms with Crippen molar-refractivity contribution >= 4 is 11.9 Å². The molecule has 0 aliphatic rings. The number of hydrogen-bond donors (Lipinski definition) is 2. The lowest BCUT2D eigenvalue weighted by Gasteiger charge is -2.31. The molecule has 0 spiro atoms. The van der Waals surface area contributed by atoms with E-state index in [1.165, 1.54) is 57.8 Å². The standard InChI is InChI=1S/C30H58O4/c1-5-9-19-25(7-3)23-27(24-26(8-4)20-10-6-2)28(30(33)34)21-17-15-13-11-12-14-16-18-22-29(31)32/h25-28H,5-24H2,1-4H3,(H,31,32)(H,33,34). The highest BCUT2D eigenvalue weighted by atomic mass is 16.4. The molecule has 3 atom stereocenters. The van der Waals surface area contributed by atoms with E-state index in [-0.39, 0.29) is 12.3 Å². The minimum Gasteiger partial charge on any atom is -0.481 e. The quantitative estimate of drug-likeness (QED) is 0.127. The molecule has 34 heavy (non-hydrogen) atoms. The predicted octanol–water partition coefficient (Wildman–Crippen LogP) is 9.50. The summed E-state index contributed by atoms with van der Waals surface area (Å²) in [7, 11) is 0. The maximum absolute atomic E-state index is 12.4. The molecule has 0 aromatic carbocycles. The third-order valence-electron chi connectivity index (χ3n) is 7.90. The first-order valence-corrected chi connectivity index (χ1v) is 14.8. The van der Waals surface area contributed by atoms with Gasteiger partial charge in [0.25, 0.3) is 0 Å². The number of unbranched alkanes of at least 4 members (excludes halogenated alkanes) is 9. The lowest BCUT2D eigenvalue weighted by atomic mass is 9.74. The summed E-state index contributed by atoms with van der Waals surface area (Å²) in [5.41, 5.74) is 0. The van der Waals surface area contributed by atoms with Crippen molar-refractivity contribution in [2.45, 2.75) is 156 Å². The zero-order chi connectivity index (χ0) is 25.6. The van der Waals surface area contributed by atoms with E-state index in [1.54, 1.807) is 0 Å². The van der Waals surface area contributed by atoms with E-state index >= 15 is 0 Å². The molecule has 202 valence electrons. The molecule has 0 aliphatic carbocycles. The van der Waals surface area contributed by atoms with Crippen LogP contribution in [0, 0.1) is 23.7 Å². The summed E-state index contributed by atoms with van der Waals surface area (Å²) in [6, 6.07) is 0. The average molecular weight is 483 g/mol. The van der Waals surface area contributed by atoms with Crippen LogP contribution in [0.15, 0.2) is 0 Å². The van der Waals surface area contributed by atoms with Gasteiger partial charge in [-0.2, -0.15) is 0 Å². The number of carboxylic acids is 2. The molecule has 0 rings (SSSR count). The van der Waals surface area contributed by atoms with Gasteiger partial charge >= 0.3 is 11.9 Å². The van der Waals surface area contributed by atoms with Gasteiger partial charge in [-0.25, -0.2) is 0 Å². The van der Waals surface area contributed by atoms with Gasteiger partial charge in [-0.15, -0.1) is 0 Å². The Balaban J connectivity index is 4.74. The topological polar surface area (TPSA) is 74.6 Å². The second-order valence-corrected chi connectivity index (χ2v) is 10.8. The normalized spacial score (nSPS) is 15.1. The van der Waals surface area contributed by atoms with Crippen LogP contribution in [0.5, 0.6) is 0 Å². The Morgan fingerprint density at radius 2 is 1.03 bits per heavy atom. The van der Waals surface area contributed by atoms with Crippen LogP contribution in [0.3, 0.4) is 0 Å². The highest BCUT2D eigenvalue weighted by Gasteiger charge is 2.31. The van der Waals surface area contributed by atoms with E-state index in [0.29, 0.717) is 17.8 Å². The number of carbonyl (C=O) groups is 2. The van der Waals surface area contributed by atoms with Crippen molar-refractivity contribution in [2.24, 2.45) is 23.7 Å². The first kappa shape index (κ1) is 32.9. The molecule has 2 N–H and O–H groups in total. The number of aliphatic carboxylic acids is 2. The molecular formula is C30H58O4. The lowest BCUT2D eigenvalue weighted by Crippen LogP contribution is -2.28. The van der Waals surface area contributed by atoms with Crippen LogP contribution in [0.4, 0.5) is 0 Å². The number of rotatable bonds is 25. The summed E-state index contributed by atoms with van der Waals surface area (Å²) in [6.45, 7) is 9.06. The van der Waals surface area contributed by atoms with Crippen molar-refractivity contribution in [3.8, 4) is 0 Å². The van der Waals surface area contributed by atoms with Gasteiger partial charge in [-0.3, -0.25) is 9.59 Å². The molecule has 0 heterocycles. The second kappa shape index (κ2) is 22.4. The van der Waals surface area contributed by atoms with Gasteiger partial charge in [0.2, 0.25) is 0 Å². The minimum atomic E-state index is -0.697. The van der Waals surface area contributed by atoms with Crippen LogP contribution in [-0.2, 0) is 9.59 Å². The third-order valence-corrected chi connectivity index (χ3v) is 7.90. The van der Waals surface area contributed by atoms with E-state index < -0.39 is 11.9 Å². The summed E-state index contributed by atoms with van der Waals surface area (Å²) in [5, 5.41) is 18.9. The van der Waals surface area contributed by atoms with Gasteiger partial charge < -0.3 is 10.2 Å². The van der Waals surface area contributed by atoms with E-state index in [1.807, 2.05) is 0 Å². The van der Waals surface area contributed by atoms with Gasteiger partial charge in [-0.1, -0.05) is 124 Å². The van der Waals surface area contributed by atoms with Gasteiger partial charge in [-0.05, 0) is 43.4 Å². The summed E-state index contributed by atoms with van der Waals surface area (Å²) < 4.78 is 0. The largest absolute Gasteiger partial charge is 0.481 e. The molecule has 0 bridgehead atoms. The molecular weight excluding hydrogens is 424 g/mol. The third kappa shape index (κ3) is 17.4. The van der Waals surface area contributed by atoms with Crippen molar-refractivity contribution in [3.63, 3.8) is 0 Å². The van der Waals surface area contributed by atoms with E-state index in [2.05, 4.69) is 27.7 Å². The van der Waals surface area contributed by atoms with Crippen molar-refractivity contribution in [2.75, 3.05) is 0 Å². The van der Waals surface area contributed by atoms with Crippen molar-refractivity contribution in [3.05, 3.63) is 0 Å². The highest BCUT2D eigenvalue weighted by molar-refractivity contribution is 5.70. The molecule has 0 aromatic rings. The number of carboxylic acid groups (broad SMARTS) is 2. The maximum atomic E-state index is 12.4. The molecule has 0 aromatic heterocycles.